The maximum atomic E-state index is 15.0. The summed E-state index contributed by atoms with van der Waals surface area (Å²) in [6.45, 7) is 0.118. The number of methoxy groups -OCH3 is 1. The molecule has 182 valence electrons. The monoisotopic (exact) mass is 512 g/mol. The van der Waals surface area contributed by atoms with Gasteiger partial charge in [0.15, 0.2) is 17.7 Å². The molecule has 1 unspecified atom stereocenters. The van der Waals surface area contributed by atoms with Crippen LogP contribution in [0.5, 0.6) is 5.75 Å². The van der Waals surface area contributed by atoms with E-state index in [-0.39, 0.29) is 49.6 Å². The van der Waals surface area contributed by atoms with Crippen LogP contribution < -0.4 is 15.8 Å². The van der Waals surface area contributed by atoms with E-state index in [4.69, 9.17) is 20.6 Å². The molecule has 0 spiro atoms. The van der Waals surface area contributed by atoms with Gasteiger partial charge in [0, 0.05) is 37.2 Å². The van der Waals surface area contributed by atoms with Gasteiger partial charge in [-0.05, 0) is 23.8 Å². The van der Waals surface area contributed by atoms with Crippen molar-refractivity contribution in [1.29, 1.82) is 5.41 Å². The van der Waals surface area contributed by atoms with E-state index in [2.05, 4.69) is 10.3 Å². The van der Waals surface area contributed by atoms with E-state index in [1.807, 2.05) is 0 Å². The summed E-state index contributed by atoms with van der Waals surface area (Å²) in [6, 6.07) is 12.3. The molecule has 1 heterocycles. The number of rotatable bonds is 9. The van der Waals surface area contributed by atoms with Crippen molar-refractivity contribution < 1.29 is 23.0 Å². The van der Waals surface area contributed by atoms with Crippen LogP contribution in [0.1, 0.15) is 28.4 Å². The SMILES string of the molecule is COC(C(=O)NCc1ccc(C(=N)N)cc1)c1c(F)ccc(OCc2cccnc2)c1F.Cl.Cl. The molecule has 11 heteroatoms. The summed E-state index contributed by atoms with van der Waals surface area (Å²) in [5.41, 5.74) is 6.84. The lowest BCUT2D eigenvalue weighted by molar-refractivity contribution is -0.131. The average molecular weight is 513 g/mol. The second-order valence-electron chi connectivity index (χ2n) is 6.87. The lowest BCUT2D eigenvalue weighted by Gasteiger charge is -2.19. The highest BCUT2D eigenvalue weighted by Crippen LogP contribution is 2.30. The topological polar surface area (TPSA) is 110 Å². The Morgan fingerprint density at radius 2 is 1.82 bits per heavy atom. The van der Waals surface area contributed by atoms with Crippen molar-refractivity contribution in [3.8, 4) is 5.75 Å². The third kappa shape index (κ3) is 7.11. The molecule has 1 atom stereocenters. The first kappa shape index (κ1) is 28.8. The Morgan fingerprint density at radius 3 is 2.41 bits per heavy atom. The maximum absolute atomic E-state index is 15.0. The van der Waals surface area contributed by atoms with Crippen molar-refractivity contribution in [2.24, 2.45) is 5.73 Å². The minimum Gasteiger partial charge on any atom is -0.486 e. The van der Waals surface area contributed by atoms with E-state index in [1.165, 1.54) is 7.11 Å². The zero-order valence-electron chi connectivity index (χ0n) is 18.1. The molecular weight excluding hydrogens is 489 g/mol. The minimum absolute atomic E-state index is 0. The highest BCUT2D eigenvalue weighted by Gasteiger charge is 2.29. The van der Waals surface area contributed by atoms with Crippen LogP contribution in [0.25, 0.3) is 0 Å². The predicted octanol–water partition coefficient (Wildman–Crippen LogP) is 4.07. The molecule has 0 radical (unpaired) electrons. The van der Waals surface area contributed by atoms with Crippen LogP contribution in [0.2, 0.25) is 0 Å². The lowest BCUT2D eigenvalue weighted by atomic mass is 10.1. The van der Waals surface area contributed by atoms with E-state index in [0.717, 1.165) is 12.1 Å². The van der Waals surface area contributed by atoms with Gasteiger partial charge in [0.2, 0.25) is 0 Å². The standard InChI is InChI=1S/C23H22F2N4O3.2ClH/c1-31-21(23(30)29-12-14-4-6-16(7-5-14)22(26)27)19-17(24)8-9-18(20(19)25)32-13-15-3-2-10-28-11-15;;/h2-11,21H,12-13H2,1H3,(H3,26,27)(H,29,30);2*1H. The van der Waals surface area contributed by atoms with Gasteiger partial charge in [-0.15, -0.1) is 24.8 Å². The highest BCUT2D eigenvalue weighted by atomic mass is 35.5. The normalized spacial score (nSPS) is 10.9. The van der Waals surface area contributed by atoms with E-state index >= 15 is 4.39 Å². The molecule has 0 aliphatic rings. The van der Waals surface area contributed by atoms with Crippen molar-refractivity contribution in [3.05, 3.63) is 94.8 Å². The third-order valence-electron chi connectivity index (χ3n) is 4.68. The van der Waals surface area contributed by atoms with Crippen LogP contribution in [0, 0.1) is 17.0 Å². The molecule has 4 N–H and O–H groups in total. The highest BCUT2D eigenvalue weighted by molar-refractivity contribution is 5.94. The van der Waals surface area contributed by atoms with Crippen LogP contribution in [0.15, 0.2) is 60.9 Å². The molecule has 0 aliphatic heterocycles. The number of ether oxygens (including phenoxy) is 2. The second kappa shape index (κ2) is 13.4. The Kier molecular flexibility index (Phi) is 11.4. The van der Waals surface area contributed by atoms with Crippen molar-refractivity contribution in [2.75, 3.05) is 7.11 Å². The van der Waals surface area contributed by atoms with Crippen LogP contribution >= 0.6 is 24.8 Å². The lowest BCUT2D eigenvalue weighted by Crippen LogP contribution is -2.31. The smallest absolute Gasteiger partial charge is 0.254 e. The predicted molar refractivity (Wildman–Crippen MR) is 128 cm³/mol. The zero-order chi connectivity index (χ0) is 23.1. The number of halogens is 4. The number of amidine groups is 1. The molecule has 0 fully saturated rings. The number of nitrogen functional groups attached to an aromatic ring is 1. The summed E-state index contributed by atoms with van der Waals surface area (Å²) in [6.07, 6.45) is 1.64. The summed E-state index contributed by atoms with van der Waals surface area (Å²) in [4.78, 5) is 16.6. The van der Waals surface area contributed by atoms with Crippen molar-refractivity contribution in [1.82, 2.24) is 10.3 Å². The van der Waals surface area contributed by atoms with Gasteiger partial charge in [-0.3, -0.25) is 15.2 Å². The number of aromatic nitrogens is 1. The second-order valence-corrected chi connectivity index (χ2v) is 6.87. The van der Waals surface area contributed by atoms with Gasteiger partial charge in [-0.2, -0.15) is 0 Å². The largest absolute Gasteiger partial charge is 0.486 e. The summed E-state index contributed by atoms with van der Waals surface area (Å²) in [5.74, 6) is -2.94. The number of carbonyl (C=O) groups excluding carboxylic acids is 1. The van der Waals surface area contributed by atoms with Gasteiger partial charge in [-0.1, -0.05) is 30.3 Å². The maximum Gasteiger partial charge on any atom is 0.254 e. The van der Waals surface area contributed by atoms with Gasteiger partial charge in [0.05, 0.1) is 5.56 Å². The fraction of sp³-hybridized carbons (Fsp3) is 0.174. The summed E-state index contributed by atoms with van der Waals surface area (Å²) in [7, 11) is 1.19. The quantitative estimate of drug-likeness (QED) is 0.295. The van der Waals surface area contributed by atoms with Crippen molar-refractivity contribution in [3.63, 3.8) is 0 Å². The van der Waals surface area contributed by atoms with Gasteiger partial charge >= 0.3 is 0 Å². The number of hydrogen-bond donors (Lipinski definition) is 3. The van der Waals surface area contributed by atoms with Crippen molar-refractivity contribution >= 4 is 36.6 Å². The number of nitrogens with two attached hydrogens (primary N) is 1. The molecule has 1 amide bonds. The molecule has 0 aliphatic carbocycles. The number of benzene rings is 2. The molecule has 0 saturated heterocycles. The van der Waals surface area contributed by atoms with Gasteiger partial charge in [0.25, 0.3) is 5.91 Å². The summed E-state index contributed by atoms with van der Waals surface area (Å²) < 4.78 is 40.1. The number of nitrogens with zero attached hydrogens (tertiary/aromatic N) is 1. The summed E-state index contributed by atoms with van der Waals surface area (Å²) in [5, 5.41) is 9.99. The Labute approximate surface area is 208 Å². The molecule has 34 heavy (non-hydrogen) atoms. The molecule has 3 aromatic rings. The van der Waals surface area contributed by atoms with Crippen LogP contribution in [0.3, 0.4) is 0 Å². The van der Waals surface area contributed by atoms with Crippen LogP contribution in [-0.4, -0.2) is 23.8 Å². The van der Waals surface area contributed by atoms with Gasteiger partial charge in [-0.25, -0.2) is 8.78 Å². The number of amides is 1. The zero-order valence-corrected chi connectivity index (χ0v) is 19.7. The van der Waals surface area contributed by atoms with E-state index < -0.39 is 29.2 Å². The van der Waals surface area contributed by atoms with E-state index in [9.17, 15) is 9.18 Å². The average Bonchev–Trinajstić information content (AvgIpc) is 2.80. The third-order valence-corrected chi connectivity index (χ3v) is 4.68. The molecule has 3 rings (SSSR count). The van der Waals surface area contributed by atoms with E-state index in [0.29, 0.717) is 16.7 Å². The molecular formula is C23H24Cl2F2N4O3. The Balaban J connectivity index is 0.00000289. The molecule has 7 nitrogen and oxygen atoms in total. The Bertz CT molecular complexity index is 1100. The first-order valence-corrected chi connectivity index (χ1v) is 9.64. The van der Waals surface area contributed by atoms with Crippen LogP contribution in [-0.2, 0) is 22.7 Å². The van der Waals surface area contributed by atoms with Gasteiger partial charge < -0.3 is 20.5 Å². The number of pyridine rings is 1. The number of hydrogen-bond acceptors (Lipinski definition) is 5. The number of nitrogens with one attached hydrogen (secondary N) is 2. The number of carbonyl (C=O) groups is 1. The molecule has 0 saturated carbocycles. The van der Waals surface area contributed by atoms with Crippen LogP contribution in [0.4, 0.5) is 8.78 Å². The summed E-state index contributed by atoms with van der Waals surface area (Å²) >= 11 is 0. The fourth-order valence-electron chi connectivity index (χ4n) is 2.99. The Hall–Kier alpha value is -3.27. The van der Waals surface area contributed by atoms with E-state index in [1.54, 1.807) is 48.8 Å². The molecule has 1 aromatic heterocycles. The first-order chi connectivity index (χ1) is 15.4. The minimum atomic E-state index is -1.52. The Morgan fingerprint density at radius 1 is 1.12 bits per heavy atom. The van der Waals surface area contributed by atoms with Gasteiger partial charge in [0.1, 0.15) is 18.3 Å². The van der Waals surface area contributed by atoms with Crippen molar-refractivity contribution in [2.45, 2.75) is 19.3 Å². The first-order valence-electron chi connectivity index (χ1n) is 9.64. The molecule has 2 aromatic carbocycles. The fourth-order valence-corrected chi connectivity index (χ4v) is 2.99. The molecule has 0 bridgehead atoms.